The van der Waals surface area contributed by atoms with Gasteiger partial charge in [0.15, 0.2) is 0 Å². The van der Waals surface area contributed by atoms with E-state index in [0.29, 0.717) is 25.3 Å². The molecule has 0 unspecified atom stereocenters. The highest BCUT2D eigenvalue weighted by molar-refractivity contribution is 5.92. The van der Waals surface area contributed by atoms with Gasteiger partial charge in [-0.25, -0.2) is 4.98 Å². The van der Waals surface area contributed by atoms with Gasteiger partial charge in [0.25, 0.3) is 5.91 Å². The molecule has 0 aliphatic carbocycles. The Hall–Kier alpha value is -2.84. The molecule has 1 N–H and O–H groups in total. The molecule has 1 saturated heterocycles. The zero-order valence-corrected chi connectivity index (χ0v) is 17.2. The van der Waals surface area contributed by atoms with E-state index in [9.17, 15) is 9.59 Å². The van der Waals surface area contributed by atoms with E-state index < -0.39 is 0 Å². The summed E-state index contributed by atoms with van der Waals surface area (Å²) in [5.74, 6) is -0.273. The summed E-state index contributed by atoms with van der Waals surface area (Å²) >= 11 is 0. The fourth-order valence-corrected chi connectivity index (χ4v) is 3.32. The zero-order valence-electron chi connectivity index (χ0n) is 17.2. The average molecular weight is 412 g/mol. The number of ether oxygens (including phenoxy) is 1. The SMILES string of the molecule is O=C(CCN(CCCN1CCOCC1)C(=O)c1cnccn1)NCc1ccccc1. The van der Waals surface area contributed by atoms with Crippen LogP contribution in [0.25, 0.3) is 0 Å². The molecule has 2 amide bonds. The fourth-order valence-electron chi connectivity index (χ4n) is 3.32. The molecule has 160 valence electrons. The lowest BCUT2D eigenvalue weighted by Crippen LogP contribution is -2.40. The first-order valence-corrected chi connectivity index (χ1v) is 10.4. The maximum atomic E-state index is 12.9. The van der Waals surface area contributed by atoms with Crippen molar-refractivity contribution in [2.45, 2.75) is 19.4 Å². The van der Waals surface area contributed by atoms with Crippen molar-refractivity contribution in [3.63, 3.8) is 0 Å². The standard InChI is InChI=1S/C22H29N5O3/c28-21(25-17-19-5-2-1-3-6-19)7-12-27(22(29)20-18-23-8-9-24-20)11-4-10-26-13-15-30-16-14-26/h1-3,5-6,8-9,18H,4,7,10-17H2,(H,25,28). The van der Waals surface area contributed by atoms with Gasteiger partial charge in [-0.05, 0) is 12.0 Å². The lowest BCUT2D eigenvalue weighted by Gasteiger charge is -2.28. The van der Waals surface area contributed by atoms with Gasteiger partial charge in [-0.1, -0.05) is 30.3 Å². The molecule has 0 atom stereocenters. The maximum absolute atomic E-state index is 12.9. The monoisotopic (exact) mass is 411 g/mol. The molecule has 2 aromatic rings. The highest BCUT2D eigenvalue weighted by Gasteiger charge is 2.19. The van der Waals surface area contributed by atoms with E-state index in [1.54, 1.807) is 4.90 Å². The Kier molecular flexibility index (Phi) is 8.74. The Morgan fingerprint density at radius 3 is 2.63 bits per heavy atom. The number of morpholine rings is 1. The van der Waals surface area contributed by atoms with Gasteiger partial charge in [-0.15, -0.1) is 0 Å². The van der Waals surface area contributed by atoms with E-state index in [-0.39, 0.29) is 18.2 Å². The molecule has 1 aromatic heterocycles. The van der Waals surface area contributed by atoms with Gasteiger partial charge in [-0.3, -0.25) is 19.5 Å². The van der Waals surface area contributed by atoms with Crippen molar-refractivity contribution < 1.29 is 14.3 Å². The number of carbonyl (C=O) groups excluding carboxylic acids is 2. The predicted octanol–water partition coefficient (Wildman–Crippen LogP) is 1.35. The Labute approximate surface area is 177 Å². The van der Waals surface area contributed by atoms with E-state index >= 15 is 0 Å². The largest absolute Gasteiger partial charge is 0.379 e. The number of hydrogen-bond acceptors (Lipinski definition) is 6. The van der Waals surface area contributed by atoms with E-state index in [1.165, 1.54) is 18.6 Å². The van der Waals surface area contributed by atoms with Crippen LogP contribution >= 0.6 is 0 Å². The maximum Gasteiger partial charge on any atom is 0.274 e. The van der Waals surface area contributed by atoms with Crippen LogP contribution < -0.4 is 5.32 Å². The summed E-state index contributed by atoms with van der Waals surface area (Å²) in [7, 11) is 0. The summed E-state index contributed by atoms with van der Waals surface area (Å²) < 4.78 is 5.38. The number of hydrogen-bond donors (Lipinski definition) is 1. The van der Waals surface area contributed by atoms with Crippen molar-refractivity contribution in [3.8, 4) is 0 Å². The molecule has 2 heterocycles. The van der Waals surface area contributed by atoms with Crippen molar-refractivity contribution in [1.29, 1.82) is 0 Å². The summed E-state index contributed by atoms with van der Waals surface area (Å²) in [6, 6.07) is 9.76. The van der Waals surface area contributed by atoms with Crippen LogP contribution in [0.4, 0.5) is 0 Å². The van der Waals surface area contributed by atoms with Crippen molar-refractivity contribution in [3.05, 3.63) is 60.2 Å². The first-order chi connectivity index (χ1) is 14.7. The van der Waals surface area contributed by atoms with Crippen LogP contribution in [0.3, 0.4) is 0 Å². The molecular formula is C22H29N5O3. The molecule has 0 bridgehead atoms. The number of nitrogens with one attached hydrogen (secondary N) is 1. The van der Waals surface area contributed by atoms with Gasteiger partial charge in [-0.2, -0.15) is 0 Å². The van der Waals surface area contributed by atoms with Crippen LogP contribution in [-0.2, 0) is 16.1 Å². The van der Waals surface area contributed by atoms with Gasteiger partial charge in [0.05, 0.1) is 19.4 Å². The predicted molar refractivity (Wildman–Crippen MR) is 113 cm³/mol. The smallest absolute Gasteiger partial charge is 0.274 e. The quantitative estimate of drug-likeness (QED) is 0.635. The van der Waals surface area contributed by atoms with Crippen LogP contribution in [0.15, 0.2) is 48.9 Å². The lowest BCUT2D eigenvalue weighted by molar-refractivity contribution is -0.121. The Balaban J connectivity index is 1.50. The molecule has 1 aliphatic rings. The lowest BCUT2D eigenvalue weighted by atomic mass is 10.2. The molecule has 30 heavy (non-hydrogen) atoms. The van der Waals surface area contributed by atoms with Gasteiger partial charge >= 0.3 is 0 Å². The highest BCUT2D eigenvalue weighted by atomic mass is 16.5. The third-order valence-electron chi connectivity index (χ3n) is 5.02. The normalized spacial score (nSPS) is 14.3. The van der Waals surface area contributed by atoms with E-state index in [4.69, 9.17) is 4.74 Å². The summed E-state index contributed by atoms with van der Waals surface area (Å²) in [5.41, 5.74) is 1.34. The minimum absolute atomic E-state index is 0.0796. The number of rotatable bonds is 10. The first kappa shape index (κ1) is 21.9. The van der Waals surface area contributed by atoms with Crippen molar-refractivity contribution in [2.24, 2.45) is 0 Å². The Bertz CT molecular complexity index is 782. The van der Waals surface area contributed by atoms with Crippen LogP contribution in [0.5, 0.6) is 0 Å². The van der Waals surface area contributed by atoms with E-state index in [2.05, 4.69) is 20.2 Å². The molecule has 3 rings (SSSR count). The molecule has 0 saturated carbocycles. The molecule has 0 spiro atoms. The van der Waals surface area contributed by atoms with E-state index in [1.807, 2.05) is 30.3 Å². The van der Waals surface area contributed by atoms with E-state index in [0.717, 1.165) is 44.8 Å². The van der Waals surface area contributed by atoms with Crippen LogP contribution in [0.2, 0.25) is 0 Å². The summed E-state index contributed by atoms with van der Waals surface area (Å²) in [5, 5.41) is 2.91. The fraction of sp³-hybridized carbons (Fsp3) is 0.455. The topological polar surface area (TPSA) is 87.7 Å². The van der Waals surface area contributed by atoms with Crippen molar-refractivity contribution in [2.75, 3.05) is 45.9 Å². The Morgan fingerprint density at radius 1 is 1.10 bits per heavy atom. The summed E-state index contributed by atoms with van der Waals surface area (Å²) in [4.78, 5) is 37.3. The second kappa shape index (κ2) is 12.0. The number of nitrogens with zero attached hydrogens (tertiary/aromatic N) is 4. The third kappa shape index (κ3) is 7.20. The minimum Gasteiger partial charge on any atom is -0.379 e. The number of amides is 2. The average Bonchev–Trinajstić information content (AvgIpc) is 2.81. The second-order valence-electron chi connectivity index (χ2n) is 7.20. The van der Waals surface area contributed by atoms with Crippen LogP contribution in [0.1, 0.15) is 28.9 Å². The zero-order chi connectivity index (χ0) is 21.0. The highest BCUT2D eigenvalue weighted by Crippen LogP contribution is 2.06. The van der Waals surface area contributed by atoms with Crippen LogP contribution in [0, 0.1) is 0 Å². The number of benzene rings is 1. The number of carbonyl (C=O) groups is 2. The van der Waals surface area contributed by atoms with Crippen LogP contribution in [-0.4, -0.2) is 77.5 Å². The number of aromatic nitrogens is 2. The van der Waals surface area contributed by atoms with Gasteiger partial charge in [0.1, 0.15) is 5.69 Å². The molecule has 1 fully saturated rings. The molecular weight excluding hydrogens is 382 g/mol. The third-order valence-corrected chi connectivity index (χ3v) is 5.02. The Morgan fingerprint density at radius 2 is 1.90 bits per heavy atom. The molecule has 0 radical (unpaired) electrons. The minimum atomic E-state index is -0.194. The van der Waals surface area contributed by atoms with Gasteiger partial charge < -0.3 is 15.0 Å². The van der Waals surface area contributed by atoms with Gasteiger partial charge in [0.2, 0.25) is 5.91 Å². The molecule has 1 aromatic carbocycles. The summed E-state index contributed by atoms with van der Waals surface area (Å²) in [6.45, 7) is 5.63. The molecule has 8 heteroatoms. The van der Waals surface area contributed by atoms with Crippen molar-refractivity contribution >= 4 is 11.8 Å². The van der Waals surface area contributed by atoms with Gasteiger partial charge in [0, 0.05) is 58.1 Å². The summed E-state index contributed by atoms with van der Waals surface area (Å²) in [6.07, 6.45) is 5.59. The second-order valence-corrected chi connectivity index (χ2v) is 7.20. The first-order valence-electron chi connectivity index (χ1n) is 10.4. The van der Waals surface area contributed by atoms with Crippen molar-refractivity contribution in [1.82, 2.24) is 25.1 Å². The molecule has 8 nitrogen and oxygen atoms in total. The molecule has 1 aliphatic heterocycles.